The van der Waals surface area contributed by atoms with Gasteiger partial charge in [0.05, 0.1) is 16.3 Å². The van der Waals surface area contributed by atoms with E-state index >= 15 is 0 Å². The molecule has 1 saturated heterocycles. The van der Waals surface area contributed by atoms with Crippen LogP contribution in [0, 0.1) is 0 Å². The van der Waals surface area contributed by atoms with Crippen LogP contribution in [0.5, 0.6) is 0 Å². The summed E-state index contributed by atoms with van der Waals surface area (Å²) in [6, 6.07) is 2.42. The number of amides is 2. The lowest BCUT2D eigenvalue weighted by molar-refractivity contribution is -0.136. The van der Waals surface area contributed by atoms with Crippen molar-refractivity contribution in [3.8, 4) is 0 Å². The van der Waals surface area contributed by atoms with E-state index in [4.69, 9.17) is 11.6 Å². The Kier molecular flexibility index (Phi) is 4.67. The molecule has 0 aromatic heterocycles. The Morgan fingerprint density at radius 3 is 2.76 bits per heavy atom. The fourth-order valence-corrected chi connectivity index (χ4v) is 2.94. The van der Waals surface area contributed by atoms with Crippen molar-refractivity contribution in [2.45, 2.75) is 6.18 Å². The molecule has 1 aliphatic heterocycles. The Labute approximate surface area is 128 Å². The number of halogens is 4. The largest absolute Gasteiger partial charge is 0.418 e. The first-order chi connectivity index (χ1) is 9.79. The number of para-hydroxylation sites is 1. The van der Waals surface area contributed by atoms with Crippen LogP contribution >= 0.6 is 23.4 Å². The Bertz CT molecular complexity index is 592. The minimum Gasteiger partial charge on any atom is -0.353 e. The molecule has 0 aliphatic carbocycles. The van der Waals surface area contributed by atoms with E-state index in [0.717, 1.165) is 18.4 Å². The number of nitrogens with zero attached hydrogens (tertiary/aromatic N) is 2. The Balaban J connectivity index is 2.25. The van der Waals surface area contributed by atoms with Gasteiger partial charge in [0.25, 0.3) is 0 Å². The minimum absolute atomic E-state index is 0.189. The lowest BCUT2D eigenvalue weighted by atomic mass is 10.1. The zero-order valence-corrected chi connectivity index (χ0v) is 12.4. The Hall–Kier alpha value is -1.41. The van der Waals surface area contributed by atoms with Crippen LogP contribution in [0.4, 0.5) is 23.7 Å². The molecule has 0 bridgehead atoms. The third-order valence-corrected chi connectivity index (χ3v) is 4.10. The van der Waals surface area contributed by atoms with Gasteiger partial charge in [-0.25, -0.2) is 4.79 Å². The highest BCUT2D eigenvalue weighted by atomic mass is 35.5. The van der Waals surface area contributed by atoms with Gasteiger partial charge in [-0.2, -0.15) is 18.2 Å². The number of hydrogen-bond donors (Lipinski definition) is 1. The molecule has 0 atom stereocenters. The van der Waals surface area contributed by atoms with Crippen molar-refractivity contribution in [3.05, 3.63) is 28.8 Å². The number of thioether (sulfide) groups is 1. The molecule has 2 rings (SSSR count). The lowest BCUT2D eigenvalue weighted by Gasteiger charge is -2.14. The van der Waals surface area contributed by atoms with Gasteiger partial charge in [-0.1, -0.05) is 29.4 Å². The van der Waals surface area contributed by atoms with Crippen molar-refractivity contribution in [1.82, 2.24) is 4.90 Å². The molecule has 9 heteroatoms. The van der Waals surface area contributed by atoms with Gasteiger partial charge >= 0.3 is 12.2 Å². The number of carbonyl (C=O) groups is 1. The van der Waals surface area contributed by atoms with Crippen LogP contribution in [-0.2, 0) is 6.18 Å². The van der Waals surface area contributed by atoms with Crippen molar-refractivity contribution in [2.24, 2.45) is 4.99 Å². The van der Waals surface area contributed by atoms with Crippen LogP contribution < -0.4 is 5.32 Å². The molecule has 2 amide bonds. The number of anilines is 1. The van der Waals surface area contributed by atoms with E-state index < -0.39 is 23.5 Å². The van der Waals surface area contributed by atoms with Gasteiger partial charge < -0.3 is 10.2 Å². The molecule has 4 nitrogen and oxygen atoms in total. The molecule has 114 valence electrons. The van der Waals surface area contributed by atoms with E-state index in [9.17, 15) is 18.0 Å². The van der Waals surface area contributed by atoms with E-state index in [-0.39, 0.29) is 5.02 Å². The number of nitrogens with one attached hydrogen (secondary N) is 1. The quantitative estimate of drug-likeness (QED) is 0.844. The third-order valence-electron chi connectivity index (χ3n) is 2.73. The van der Waals surface area contributed by atoms with E-state index in [1.807, 2.05) is 0 Å². The molecule has 1 aromatic carbocycles. The highest BCUT2D eigenvalue weighted by molar-refractivity contribution is 8.14. The Morgan fingerprint density at radius 2 is 2.19 bits per heavy atom. The van der Waals surface area contributed by atoms with Crippen LogP contribution in [0.3, 0.4) is 0 Å². The second-order valence-corrected chi connectivity index (χ2v) is 5.72. The topological polar surface area (TPSA) is 44.7 Å². The maximum Gasteiger partial charge on any atom is 0.418 e. The molecule has 0 unspecified atom stereocenters. The van der Waals surface area contributed by atoms with E-state index in [0.29, 0.717) is 5.17 Å². The second-order valence-electron chi connectivity index (χ2n) is 4.25. The summed E-state index contributed by atoms with van der Waals surface area (Å²) in [6.45, 7) is 0.733. The second kappa shape index (κ2) is 6.15. The summed E-state index contributed by atoms with van der Waals surface area (Å²) >= 11 is 7.11. The molecular formula is C12H11ClF3N3OS. The fourth-order valence-electron chi connectivity index (χ4n) is 1.71. The summed E-state index contributed by atoms with van der Waals surface area (Å²) in [7, 11) is 1.75. The fraction of sp³-hybridized carbons (Fsp3) is 0.333. The zero-order valence-electron chi connectivity index (χ0n) is 10.9. The highest BCUT2D eigenvalue weighted by Crippen LogP contribution is 2.38. The van der Waals surface area contributed by atoms with Gasteiger partial charge in [-0.3, -0.25) is 0 Å². The summed E-state index contributed by atoms with van der Waals surface area (Å²) in [6.07, 6.45) is -4.61. The number of alkyl halides is 3. The standard InChI is InChI=1S/C12H11ClF3N3OS/c1-19-5-6-21-11(19)18-10(20)17-9-7(12(14,15)16)3-2-4-8(9)13/h2-4H,5-6H2,1H3,(H,17,20). The summed E-state index contributed by atoms with van der Waals surface area (Å²) < 4.78 is 38.7. The summed E-state index contributed by atoms with van der Waals surface area (Å²) in [5, 5.41) is 2.39. The van der Waals surface area contributed by atoms with Crippen LogP contribution in [0.2, 0.25) is 5.02 Å². The van der Waals surface area contributed by atoms with Crippen molar-refractivity contribution in [1.29, 1.82) is 0 Å². The van der Waals surface area contributed by atoms with Gasteiger partial charge in [0, 0.05) is 19.3 Å². The van der Waals surface area contributed by atoms with Crippen molar-refractivity contribution in [2.75, 3.05) is 24.7 Å². The third kappa shape index (κ3) is 3.82. The maximum atomic E-state index is 12.9. The van der Waals surface area contributed by atoms with Crippen LogP contribution in [-0.4, -0.2) is 35.4 Å². The molecule has 0 radical (unpaired) electrons. The van der Waals surface area contributed by atoms with Crippen molar-refractivity contribution >= 4 is 40.2 Å². The summed E-state index contributed by atoms with van der Waals surface area (Å²) in [4.78, 5) is 17.3. The number of urea groups is 1. The number of benzene rings is 1. The van der Waals surface area contributed by atoms with Crippen LogP contribution in [0.25, 0.3) is 0 Å². The lowest BCUT2D eigenvalue weighted by Crippen LogP contribution is -2.21. The first-order valence-electron chi connectivity index (χ1n) is 5.88. The van der Waals surface area contributed by atoms with Gasteiger partial charge in [0.15, 0.2) is 5.17 Å². The number of rotatable bonds is 1. The normalized spacial score (nSPS) is 17.4. The molecular weight excluding hydrogens is 327 g/mol. The average Bonchev–Trinajstić information content (AvgIpc) is 2.76. The molecule has 1 heterocycles. The van der Waals surface area contributed by atoms with E-state index in [2.05, 4.69) is 10.3 Å². The minimum atomic E-state index is -4.61. The molecule has 1 aliphatic rings. The average molecular weight is 338 g/mol. The zero-order chi connectivity index (χ0) is 15.6. The van der Waals surface area contributed by atoms with Gasteiger partial charge in [0.2, 0.25) is 0 Å². The first-order valence-corrected chi connectivity index (χ1v) is 7.24. The van der Waals surface area contributed by atoms with Crippen LogP contribution in [0.15, 0.2) is 23.2 Å². The number of aliphatic imine (C=N–C) groups is 1. The molecule has 21 heavy (non-hydrogen) atoms. The Morgan fingerprint density at radius 1 is 1.48 bits per heavy atom. The number of hydrogen-bond acceptors (Lipinski definition) is 2. The SMILES string of the molecule is CN1CCSC1=NC(=O)Nc1c(Cl)cccc1C(F)(F)F. The van der Waals surface area contributed by atoms with E-state index in [1.54, 1.807) is 11.9 Å². The molecule has 1 aromatic rings. The summed E-state index contributed by atoms with van der Waals surface area (Å²) in [5.74, 6) is 0.780. The molecule has 0 spiro atoms. The van der Waals surface area contributed by atoms with Crippen LogP contribution in [0.1, 0.15) is 5.56 Å². The molecule has 0 saturated carbocycles. The number of amidine groups is 1. The predicted octanol–water partition coefficient (Wildman–Crippen LogP) is 3.93. The summed E-state index contributed by atoms with van der Waals surface area (Å²) in [5.41, 5.74) is -1.48. The molecule has 1 N–H and O–H groups in total. The van der Waals surface area contributed by atoms with Crippen molar-refractivity contribution < 1.29 is 18.0 Å². The van der Waals surface area contributed by atoms with Gasteiger partial charge in [-0.05, 0) is 12.1 Å². The highest BCUT2D eigenvalue weighted by Gasteiger charge is 2.34. The predicted molar refractivity (Wildman–Crippen MR) is 78.0 cm³/mol. The monoisotopic (exact) mass is 337 g/mol. The first kappa shape index (κ1) is 16.0. The van der Waals surface area contributed by atoms with Gasteiger partial charge in [0.1, 0.15) is 0 Å². The van der Waals surface area contributed by atoms with Crippen molar-refractivity contribution in [3.63, 3.8) is 0 Å². The number of carbonyl (C=O) groups excluding carboxylic acids is 1. The maximum absolute atomic E-state index is 12.9. The van der Waals surface area contributed by atoms with E-state index in [1.165, 1.54) is 23.9 Å². The molecule has 1 fully saturated rings. The smallest absolute Gasteiger partial charge is 0.353 e. The van der Waals surface area contributed by atoms with Gasteiger partial charge in [-0.15, -0.1) is 0 Å².